The van der Waals surface area contributed by atoms with Crippen molar-refractivity contribution in [2.75, 3.05) is 16.6 Å². The van der Waals surface area contributed by atoms with Crippen LogP contribution in [0.4, 0.5) is 21.6 Å². The molecule has 63 heavy (non-hydrogen) atoms. The average Bonchev–Trinajstić information content (AvgIpc) is 4.16. The predicted octanol–water partition coefficient (Wildman–Crippen LogP) is 8.79. The number of amides is 2. The molecule has 3 N–H and O–H groups in total. The lowest BCUT2D eigenvalue weighted by Crippen LogP contribution is -2.30. The Labute approximate surface area is 373 Å². The molecule has 0 saturated carbocycles. The van der Waals surface area contributed by atoms with Crippen LogP contribution >= 0.6 is 45.3 Å². The minimum Gasteiger partial charge on any atom is -0.332 e. The molecule has 0 fully saturated rings. The van der Waals surface area contributed by atoms with Crippen molar-refractivity contribution in [2.45, 2.75) is 23.7 Å². The first-order chi connectivity index (χ1) is 30.6. The highest BCUT2D eigenvalue weighted by Gasteiger charge is 2.26. The zero-order valence-electron chi connectivity index (χ0n) is 32.4. The highest BCUT2D eigenvalue weighted by molar-refractivity contribution is 7.94. The Hall–Kier alpha value is -6.98. The number of nitrogens with zero attached hydrogens (tertiary/aromatic N) is 9. The second kappa shape index (κ2) is 16.7. The van der Waals surface area contributed by atoms with Gasteiger partial charge < -0.3 is 4.90 Å². The lowest BCUT2D eigenvalue weighted by atomic mass is 10.1. The van der Waals surface area contributed by atoms with Crippen molar-refractivity contribution in [3.8, 4) is 27.6 Å². The van der Waals surface area contributed by atoms with Gasteiger partial charge in [0.15, 0.2) is 16.5 Å². The summed E-state index contributed by atoms with van der Waals surface area (Å²) in [7, 11) is -3.73. The SMILES string of the molecule is O=C(Nc1nc2ccc(NS(=O)(=O)c3cccs3)cc2s1)c1cc2n(n1)CCCN(C(=O)c1cnc(N=Nc3c(-c4ccccc4)[nH]n(-c4nc(-c5ccccc5)cs4)c3=O)s1)C2. The van der Waals surface area contributed by atoms with Crippen LogP contribution in [0, 0.1) is 0 Å². The Balaban J connectivity index is 0.827. The van der Waals surface area contributed by atoms with Crippen LogP contribution in [-0.4, -0.2) is 66.2 Å². The molecule has 7 heterocycles. The fourth-order valence-corrected chi connectivity index (χ4v) is 11.2. The Morgan fingerprint density at radius 2 is 1.67 bits per heavy atom. The van der Waals surface area contributed by atoms with Crippen molar-refractivity contribution >= 4 is 99.0 Å². The third-order valence-electron chi connectivity index (χ3n) is 9.78. The molecule has 0 saturated heterocycles. The van der Waals surface area contributed by atoms with Crippen LogP contribution in [0.3, 0.4) is 0 Å². The molecule has 0 radical (unpaired) electrons. The molecule has 10 rings (SSSR count). The maximum absolute atomic E-state index is 13.9. The number of aromatic amines is 1. The fraction of sp³-hybridized carbons (Fsp3) is 0.0976. The van der Waals surface area contributed by atoms with E-state index in [1.807, 2.05) is 66.0 Å². The van der Waals surface area contributed by atoms with Crippen LogP contribution in [0.5, 0.6) is 0 Å². The third-order valence-corrected chi connectivity index (χ3v) is 15.2. The fourth-order valence-electron chi connectivity index (χ4n) is 6.80. The summed E-state index contributed by atoms with van der Waals surface area (Å²) < 4.78 is 32.0. The smallest absolute Gasteiger partial charge is 0.301 e. The van der Waals surface area contributed by atoms with Crippen molar-refractivity contribution in [2.24, 2.45) is 10.2 Å². The van der Waals surface area contributed by atoms with Gasteiger partial charge in [-0.15, -0.1) is 32.9 Å². The van der Waals surface area contributed by atoms with Crippen LogP contribution in [-0.2, 0) is 23.1 Å². The second-order valence-electron chi connectivity index (χ2n) is 13.9. The highest BCUT2D eigenvalue weighted by Crippen LogP contribution is 2.33. The molecule has 9 aromatic rings. The summed E-state index contributed by atoms with van der Waals surface area (Å²) in [4.78, 5) is 56.6. The molecule has 17 nitrogen and oxygen atoms in total. The lowest BCUT2D eigenvalue weighted by Gasteiger charge is -2.18. The van der Waals surface area contributed by atoms with Gasteiger partial charge in [0.2, 0.25) is 10.3 Å². The number of nitrogens with one attached hydrogen (secondary N) is 3. The number of H-pyrrole nitrogens is 1. The number of benzene rings is 3. The minimum atomic E-state index is -3.73. The standard InChI is InChI=1S/C41H30N12O5S5/c54-36(45-40-43-28-15-14-26(19-31(28)61-40)50-63(57,58)33-13-7-18-59-33)29-20-27-22-51(16-8-17-52(27)48-29)37(55)32-21-42-39(62-32)47-46-35-34(25-11-5-2-6-12-25)49-53(38(35)56)41-44-30(23-60-41)24-9-3-1-4-10-24/h1-7,9-15,18-21,23,49-50H,8,16-17,22H2,(H,43,45,54). The summed E-state index contributed by atoms with van der Waals surface area (Å²) in [5, 5.41) is 23.7. The number of hydrogen-bond acceptors (Lipinski definition) is 15. The molecular weight excluding hydrogens is 901 g/mol. The van der Waals surface area contributed by atoms with E-state index in [4.69, 9.17) is 4.98 Å². The van der Waals surface area contributed by atoms with E-state index < -0.39 is 21.5 Å². The normalized spacial score (nSPS) is 13.0. The molecule has 22 heteroatoms. The van der Waals surface area contributed by atoms with E-state index in [0.717, 1.165) is 39.5 Å². The molecule has 0 atom stereocenters. The number of fused-ring (bicyclic) bond motifs is 2. The first kappa shape index (κ1) is 40.1. The maximum Gasteiger partial charge on any atom is 0.301 e. The van der Waals surface area contributed by atoms with Gasteiger partial charge in [-0.1, -0.05) is 89.4 Å². The van der Waals surface area contributed by atoms with Crippen molar-refractivity contribution in [1.29, 1.82) is 0 Å². The zero-order valence-corrected chi connectivity index (χ0v) is 36.5. The molecule has 0 unspecified atom stereocenters. The predicted molar refractivity (Wildman–Crippen MR) is 244 cm³/mol. The molecule has 2 amide bonds. The Bertz CT molecular complexity index is 3350. The van der Waals surface area contributed by atoms with E-state index in [9.17, 15) is 22.8 Å². The Morgan fingerprint density at radius 3 is 2.46 bits per heavy atom. The average molecular weight is 931 g/mol. The van der Waals surface area contributed by atoms with Gasteiger partial charge in [-0.3, -0.25) is 34.2 Å². The van der Waals surface area contributed by atoms with Crippen LogP contribution in [0.25, 0.3) is 37.9 Å². The molecule has 1 aliphatic heterocycles. The van der Waals surface area contributed by atoms with Gasteiger partial charge in [-0.05, 0) is 42.1 Å². The molecule has 6 aromatic heterocycles. The summed E-state index contributed by atoms with van der Waals surface area (Å²) in [5.74, 6) is -0.745. The summed E-state index contributed by atoms with van der Waals surface area (Å²) in [6.07, 6.45) is 2.04. The largest absolute Gasteiger partial charge is 0.332 e. The first-order valence-electron chi connectivity index (χ1n) is 19.1. The lowest BCUT2D eigenvalue weighted by molar-refractivity contribution is 0.0750. The number of thiophene rings is 1. The summed E-state index contributed by atoms with van der Waals surface area (Å²) >= 11 is 4.69. The molecule has 1 aliphatic rings. The molecule has 314 valence electrons. The quantitative estimate of drug-likeness (QED) is 0.106. The van der Waals surface area contributed by atoms with E-state index in [1.165, 1.54) is 39.6 Å². The van der Waals surface area contributed by atoms with E-state index in [2.05, 4.69) is 40.4 Å². The van der Waals surface area contributed by atoms with Gasteiger partial charge in [0.1, 0.15) is 9.09 Å². The van der Waals surface area contributed by atoms with E-state index >= 15 is 0 Å². The summed E-state index contributed by atoms with van der Waals surface area (Å²) in [5.41, 5.74) is 4.26. The number of carbonyl (C=O) groups excluding carboxylic acids is 2. The van der Waals surface area contributed by atoms with Gasteiger partial charge in [0.25, 0.3) is 21.8 Å². The highest BCUT2D eigenvalue weighted by atomic mass is 32.2. The van der Waals surface area contributed by atoms with Crippen molar-refractivity contribution in [1.82, 2.24) is 39.4 Å². The number of sulfonamides is 1. The topological polar surface area (TPSA) is 215 Å². The third kappa shape index (κ3) is 8.24. The number of carbonyl (C=O) groups is 2. The van der Waals surface area contributed by atoms with Crippen molar-refractivity contribution < 1.29 is 18.0 Å². The monoisotopic (exact) mass is 930 g/mol. The number of rotatable bonds is 11. The molecular formula is C41H30N12O5S5. The van der Waals surface area contributed by atoms with Gasteiger partial charge >= 0.3 is 5.56 Å². The number of thiazole rings is 3. The second-order valence-corrected chi connectivity index (χ2v) is 19.7. The Kier molecular flexibility index (Phi) is 10.6. The number of azo groups is 1. The van der Waals surface area contributed by atoms with Crippen molar-refractivity contribution in [3.05, 3.63) is 141 Å². The number of anilines is 2. The van der Waals surface area contributed by atoms with Gasteiger partial charge in [0, 0.05) is 29.6 Å². The molecule has 0 spiro atoms. The molecule has 3 aromatic carbocycles. The Morgan fingerprint density at radius 1 is 0.857 bits per heavy atom. The maximum atomic E-state index is 13.9. The van der Waals surface area contributed by atoms with E-state index in [1.54, 1.807) is 45.3 Å². The van der Waals surface area contributed by atoms with Crippen LogP contribution < -0.4 is 15.6 Å². The minimum absolute atomic E-state index is 0.0639. The number of aryl methyl sites for hydroxylation is 1. The van der Waals surface area contributed by atoms with Crippen LogP contribution in [0.2, 0.25) is 0 Å². The number of aromatic nitrogens is 7. The van der Waals surface area contributed by atoms with Crippen LogP contribution in [0.1, 0.15) is 32.3 Å². The van der Waals surface area contributed by atoms with Gasteiger partial charge in [-0.25, -0.2) is 23.4 Å². The number of hydrogen-bond donors (Lipinski definition) is 3. The van der Waals surface area contributed by atoms with Crippen molar-refractivity contribution in [3.63, 3.8) is 0 Å². The summed E-state index contributed by atoms with van der Waals surface area (Å²) in [6.45, 7) is 1.14. The van der Waals surface area contributed by atoms with E-state index in [-0.39, 0.29) is 33.2 Å². The molecule has 0 aliphatic carbocycles. The van der Waals surface area contributed by atoms with Gasteiger partial charge in [-0.2, -0.15) is 9.78 Å². The van der Waals surface area contributed by atoms with E-state index in [0.29, 0.717) is 61.9 Å². The van der Waals surface area contributed by atoms with Gasteiger partial charge in [0.05, 0.1) is 45.7 Å². The summed E-state index contributed by atoms with van der Waals surface area (Å²) in [6, 6.07) is 28.8. The first-order valence-corrected chi connectivity index (χ1v) is 24.0. The molecule has 0 bridgehead atoms. The zero-order chi connectivity index (χ0) is 43.1. The van der Waals surface area contributed by atoms with Crippen LogP contribution in [0.15, 0.2) is 133 Å².